The van der Waals surface area contributed by atoms with Crippen LogP contribution in [0.15, 0.2) is 24.3 Å². The van der Waals surface area contributed by atoms with Gasteiger partial charge in [-0.25, -0.2) is 5.26 Å². The summed E-state index contributed by atoms with van der Waals surface area (Å²) < 4.78 is 0. The molecule has 0 amide bonds. The third-order valence-corrected chi connectivity index (χ3v) is 4.85. The lowest BCUT2D eigenvalue weighted by molar-refractivity contribution is -0.442. The number of anilines is 2. The number of benzene rings is 1. The van der Waals surface area contributed by atoms with Crippen molar-refractivity contribution in [2.45, 2.75) is 37.5 Å². The number of nitrogen functional groups attached to an aromatic ring is 1. The van der Waals surface area contributed by atoms with E-state index in [1.807, 2.05) is 24.3 Å². The van der Waals surface area contributed by atoms with Crippen LogP contribution in [0.2, 0.25) is 6.32 Å². The van der Waals surface area contributed by atoms with Crippen LogP contribution < -0.4 is 16.4 Å². The molecule has 1 aliphatic heterocycles. The summed E-state index contributed by atoms with van der Waals surface area (Å²) in [4.78, 5) is 18.2. The lowest BCUT2D eigenvalue weighted by Crippen LogP contribution is -2.55. The highest BCUT2D eigenvalue weighted by Crippen LogP contribution is 2.33. The first-order valence-corrected chi connectivity index (χ1v) is 8.38. The van der Waals surface area contributed by atoms with Gasteiger partial charge in [0.15, 0.2) is 0 Å². The van der Waals surface area contributed by atoms with E-state index >= 15 is 0 Å². The van der Waals surface area contributed by atoms with Gasteiger partial charge in [0, 0.05) is 30.4 Å². The van der Waals surface area contributed by atoms with Crippen LogP contribution in [0, 0.1) is 5.92 Å². The second-order valence-electron chi connectivity index (χ2n) is 6.45. The lowest BCUT2D eigenvalue weighted by atomic mass is 9.79. The highest BCUT2D eigenvalue weighted by Gasteiger charge is 2.44. The molecule has 1 unspecified atom stereocenters. The zero-order valence-corrected chi connectivity index (χ0v) is 14.1. The predicted molar refractivity (Wildman–Crippen MR) is 94.9 cm³/mol. The predicted octanol–water partition coefficient (Wildman–Crippen LogP) is 1.51. The molecule has 8 nitrogen and oxygen atoms in total. The Morgan fingerprint density at radius 1 is 1.36 bits per heavy atom. The van der Waals surface area contributed by atoms with Gasteiger partial charge in [-0.3, -0.25) is 9.60 Å². The molecule has 6 N–H and O–H groups in total. The number of aliphatic carboxylic acids is 1. The van der Waals surface area contributed by atoms with Gasteiger partial charge >= 0.3 is 13.5 Å². The van der Waals surface area contributed by atoms with Crippen molar-refractivity contribution >= 4 is 24.8 Å². The maximum atomic E-state index is 11.8. The van der Waals surface area contributed by atoms with Gasteiger partial charge in [-0.1, -0.05) is 17.9 Å². The van der Waals surface area contributed by atoms with E-state index in [0.29, 0.717) is 37.8 Å². The third kappa shape index (κ3) is 5.08. The first kappa shape index (κ1) is 19.5. The first-order chi connectivity index (χ1) is 12.0. The molecule has 1 aromatic rings. The maximum Gasteiger partial charge on any atom is 0.348 e. The van der Waals surface area contributed by atoms with Crippen LogP contribution in [0.5, 0.6) is 0 Å². The van der Waals surface area contributed by atoms with Crippen LogP contribution in [0.4, 0.5) is 11.4 Å². The van der Waals surface area contributed by atoms with E-state index in [1.165, 1.54) is 7.48 Å². The SMILES string of the molecule is Nc1ccc(N2CC[C@@H](C(N)(CCCC[B]OOO)C(=O)O)C2)cc1. The molecule has 0 aliphatic carbocycles. The number of carboxylic acid groups (broad SMARTS) is 1. The Hall–Kier alpha value is -1.81. The Labute approximate surface area is 147 Å². The minimum absolute atomic E-state index is 0.122. The molecule has 1 radical (unpaired) electrons. The molecule has 1 saturated heterocycles. The van der Waals surface area contributed by atoms with E-state index in [1.54, 1.807) is 0 Å². The van der Waals surface area contributed by atoms with Crippen molar-refractivity contribution in [3.05, 3.63) is 24.3 Å². The minimum Gasteiger partial charge on any atom is -0.480 e. The fourth-order valence-corrected chi connectivity index (χ4v) is 3.31. The van der Waals surface area contributed by atoms with Crippen molar-refractivity contribution in [2.75, 3.05) is 23.7 Å². The Balaban J connectivity index is 1.91. The molecule has 0 saturated carbocycles. The largest absolute Gasteiger partial charge is 0.480 e. The van der Waals surface area contributed by atoms with E-state index in [0.717, 1.165) is 18.7 Å². The molecule has 137 valence electrons. The Morgan fingerprint density at radius 3 is 2.72 bits per heavy atom. The molecule has 2 rings (SSSR count). The molecular formula is C16H25BN3O5. The smallest absolute Gasteiger partial charge is 0.348 e. The molecule has 1 aliphatic rings. The number of carboxylic acids is 1. The van der Waals surface area contributed by atoms with Crippen LogP contribution in [0.3, 0.4) is 0 Å². The van der Waals surface area contributed by atoms with Gasteiger partial charge < -0.3 is 21.5 Å². The molecule has 25 heavy (non-hydrogen) atoms. The normalized spacial score (nSPS) is 19.6. The number of rotatable bonds is 10. The summed E-state index contributed by atoms with van der Waals surface area (Å²) in [6.45, 7) is 1.39. The Morgan fingerprint density at radius 2 is 2.08 bits per heavy atom. The zero-order chi connectivity index (χ0) is 18.3. The van der Waals surface area contributed by atoms with Gasteiger partial charge in [0.1, 0.15) is 5.54 Å². The molecular weight excluding hydrogens is 325 g/mol. The summed E-state index contributed by atoms with van der Waals surface area (Å²) in [5.41, 5.74) is 12.5. The van der Waals surface area contributed by atoms with Gasteiger partial charge in [0.25, 0.3) is 0 Å². The van der Waals surface area contributed by atoms with Gasteiger partial charge in [-0.2, -0.15) is 0 Å². The maximum absolute atomic E-state index is 11.8. The fraction of sp³-hybridized carbons (Fsp3) is 0.562. The molecule has 2 atom stereocenters. The van der Waals surface area contributed by atoms with Crippen molar-refractivity contribution in [2.24, 2.45) is 11.7 Å². The van der Waals surface area contributed by atoms with Crippen molar-refractivity contribution in [3.63, 3.8) is 0 Å². The summed E-state index contributed by atoms with van der Waals surface area (Å²) >= 11 is 0. The van der Waals surface area contributed by atoms with E-state index in [2.05, 4.69) is 14.7 Å². The van der Waals surface area contributed by atoms with Crippen LogP contribution in [-0.4, -0.2) is 42.4 Å². The molecule has 1 heterocycles. The van der Waals surface area contributed by atoms with E-state index in [4.69, 9.17) is 16.7 Å². The monoisotopic (exact) mass is 350 g/mol. The first-order valence-electron chi connectivity index (χ1n) is 8.38. The van der Waals surface area contributed by atoms with E-state index in [-0.39, 0.29) is 5.92 Å². The zero-order valence-electron chi connectivity index (χ0n) is 14.1. The number of nitrogens with two attached hydrogens (primary N) is 2. The molecule has 0 aromatic heterocycles. The van der Waals surface area contributed by atoms with Crippen LogP contribution in [-0.2, 0) is 14.6 Å². The summed E-state index contributed by atoms with van der Waals surface area (Å²) in [5, 5.41) is 21.2. The number of nitrogens with zero attached hydrogens (tertiary/aromatic N) is 1. The van der Waals surface area contributed by atoms with Gasteiger partial charge in [-0.15, -0.1) is 0 Å². The van der Waals surface area contributed by atoms with E-state index in [9.17, 15) is 9.90 Å². The summed E-state index contributed by atoms with van der Waals surface area (Å²) in [6, 6.07) is 7.56. The number of unbranched alkanes of at least 4 members (excludes halogenated alkanes) is 1. The van der Waals surface area contributed by atoms with Crippen molar-refractivity contribution in [1.82, 2.24) is 0 Å². The van der Waals surface area contributed by atoms with Crippen molar-refractivity contribution in [1.29, 1.82) is 0 Å². The second-order valence-corrected chi connectivity index (χ2v) is 6.45. The summed E-state index contributed by atoms with van der Waals surface area (Å²) in [5.74, 6) is -1.08. The average Bonchev–Trinajstić information content (AvgIpc) is 3.09. The Bertz CT molecular complexity index is 559. The second kappa shape index (κ2) is 9.05. The van der Waals surface area contributed by atoms with E-state index < -0.39 is 11.5 Å². The van der Waals surface area contributed by atoms with Crippen LogP contribution >= 0.6 is 0 Å². The standard InChI is InChI=1S/C16H25BN3O5/c18-13-3-5-14(6-4-13)20-10-7-12(11-20)16(19,15(21)22)8-1-2-9-17-24-25-23/h3-6,12,23H,1-2,7-11,18-19H2,(H,21,22)/t12-,16?/m1/s1. The molecule has 0 bridgehead atoms. The van der Waals surface area contributed by atoms with Gasteiger partial charge in [0.05, 0.1) is 0 Å². The molecule has 1 aromatic carbocycles. The summed E-state index contributed by atoms with van der Waals surface area (Å²) in [6.07, 6.45) is 3.01. The lowest BCUT2D eigenvalue weighted by Gasteiger charge is -2.31. The number of carbonyl (C=O) groups is 1. The topological polar surface area (TPSA) is 131 Å². The Kier molecular flexibility index (Phi) is 7.06. The minimum atomic E-state index is -1.25. The highest BCUT2D eigenvalue weighted by molar-refractivity contribution is 6.26. The third-order valence-electron chi connectivity index (χ3n) is 4.85. The highest BCUT2D eigenvalue weighted by atomic mass is 17.5. The molecule has 0 spiro atoms. The average molecular weight is 350 g/mol. The van der Waals surface area contributed by atoms with Crippen LogP contribution in [0.1, 0.15) is 25.7 Å². The molecule has 9 heteroatoms. The quantitative estimate of drug-likeness (QED) is 0.164. The van der Waals surface area contributed by atoms with Crippen molar-refractivity contribution in [3.8, 4) is 0 Å². The fourth-order valence-electron chi connectivity index (χ4n) is 3.31. The van der Waals surface area contributed by atoms with Crippen molar-refractivity contribution < 1.29 is 25.0 Å². The number of hydrogen-bond donors (Lipinski definition) is 4. The van der Waals surface area contributed by atoms with Gasteiger partial charge in [0.2, 0.25) is 0 Å². The van der Waals surface area contributed by atoms with Crippen LogP contribution in [0.25, 0.3) is 0 Å². The summed E-state index contributed by atoms with van der Waals surface area (Å²) in [7, 11) is 1.32. The molecule has 1 fully saturated rings. The van der Waals surface area contributed by atoms with Gasteiger partial charge in [-0.05, 0) is 43.4 Å². The number of hydrogen-bond acceptors (Lipinski definition) is 7.